The van der Waals surface area contributed by atoms with Crippen LogP contribution in [-0.4, -0.2) is 27.7 Å². The number of alkyl halides is 3. The quantitative estimate of drug-likeness (QED) is 0.255. The lowest BCUT2D eigenvalue weighted by Gasteiger charge is -2.14. The van der Waals surface area contributed by atoms with Crippen molar-refractivity contribution in [1.82, 2.24) is 14.9 Å². The molecule has 0 saturated heterocycles. The van der Waals surface area contributed by atoms with Crippen molar-refractivity contribution in [3.63, 3.8) is 0 Å². The van der Waals surface area contributed by atoms with Gasteiger partial charge in [-0.15, -0.1) is 12.4 Å². The monoisotopic (exact) mass is 526 g/mol. The van der Waals surface area contributed by atoms with Crippen molar-refractivity contribution in [2.24, 2.45) is 7.05 Å². The van der Waals surface area contributed by atoms with Gasteiger partial charge in [-0.05, 0) is 44.5 Å². The topological polar surface area (TPSA) is 79.2 Å². The normalized spacial score (nSPS) is 11.5. The van der Waals surface area contributed by atoms with Crippen molar-refractivity contribution in [3.8, 4) is 5.75 Å². The van der Waals surface area contributed by atoms with Gasteiger partial charge in [-0.3, -0.25) is 9.78 Å². The Morgan fingerprint density at radius 2 is 1.67 bits per heavy atom. The fraction of sp³-hybridized carbons (Fsp3) is 0.462. The fourth-order valence-electron chi connectivity index (χ4n) is 4.06. The number of benzene rings is 1. The molecule has 3 N–H and O–H groups in total. The third-order valence-corrected chi connectivity index (χ3v) is 6.24. The Kier molecular flexibility index (Phi) is 11.0. The van der Waals surface area contributed by atoms with Crippen LogP contribution in [0.3, 0.4) is 0 Å². The van der Waals surface area contributed by atoms with Crippen LogP contribution in [-0.2, 0) is 19.8 Å². The van der Waals surface area contributed by atoms with Gasteiger partial charge in [0, 0.05) is 49.2 Å². The molecule has 0 amide bonds. The second kappa shape index (κ2) is 13.5. The summed E-state index contributed by atoms with van der Waals surface area (Å²) < 4.78 is 40.6. The average molecular weight is 527 g/mol. The van der Waals surface area contributed by atoms with Crippen LogP contribution in [0.25, 0.3) is 10.9 Å². The van der Waals surface area contributed by atoms with Gasteiger partial charge in [-0.25, -0.2) is 0 Å². The number of unbranched alkanes of at least 4 members (excludes halogenated alkanes) is 5. The molecule has 3 aromatic rings. The van der Waals surface area contributed by atoms with Gasteiger partial charge in [-0.2, -0.15) is 13.2 Å². The van der Waals surface area contributed by atoms with E-state index in [4.69, 9.17) is 0 Å². The summed E-state index contributed by atoms with van der Waals surface area (Å²) in [5.41, 5.74) is 1.51. The predicted octanol–water partition coefficient (Wildman–Crippen LogP) is 5.93. The van der Waals surface area contributed by atoms with Gasteiger partial charge in [0.1, 0.15) is 0 Å². The van der Waals surface area contributed by atoms with Gasteiger partial charge in [-0.1, -0.05) is 31.7 Å². The Morgan fingerprint density at radius 3 is 2.36 bits per heavy atom. The van der Waals surface area contributed by atoms with Crippen LogP contribution < -0.4 is 16.1 Å². The van der Waals surface area contributed by atoms with Crippen molar-refractivity contribution in [3.05, 3.63) is 63.7 Å². The third-order valence-electron chi connectivity index (χ3n) is 6.24. The van der Waals surface area contributed by atoms with Crippen LogP contribution >= 0.6 is 12.4 Å². The second-order valence-electron chi connectivity index (χ2n) is 8.82. The van der Waals surface area contributed by atoms with Crippen LogP contribution in [0, 0.1) is 6.92 Å². The Morgan fingerprint density at radius 1 is 1.00 bits per heavy atom. The summed E-state index contributed by atoms with van der Waals surface area (Å²) in [7, 11) is 1.83. The molecule has 0 fully saturated rings. The number of aromatic hydroxyl groups is 1. The van der Waals surface area contributed by atoms with Crippen LogP contribution in [0.4, 0.5) is 18.9 Å². The third kappa shape index (κ3) is 7.86. The molecular formula is C26H34ClF3N4O2. The number of fused-ring (bicyclic) bond motifs is 1. The zero-order valence-corrected chi connectivity index (χ0v) is 21.4. The van der Waals surface area contributed by atoms with Gasteiger partial charge < -0.3 is 20.3 Å². The maximum absolute atomic E-state index is 12.9. The molecular weight excluding hydrogens is 493 g/mol. The Bertz CT molecular complexity index is 1200. The molecule has 0 atom stereocenters. The number of halogens is 4. The van der Waals surface area contributed by atoms with Crippen LogP contribution in [0.2, 0.25) is 0 Å². The van der Waals surface area contributed by atoms with E-state index in [-0.39, 0.29) is 23.6 Å². The van der Waals surface area contributed by atoms with Crippen molar-refractivity contribution < 1.29 is 18.3 Å². The summed E-state index contributed by atoms with van der Waals surface area (Å²) >= 11 is 0. The number of hydrogen-bond acceptors (Lipinski definition) is 5. The molecule has 3 rings (SSSR count). The molecule has 10 heteroatoms. The minimum atomic E-state index is -4.38. The molecule has 0 aliphatic carbocycles. The summed E-state index contributed by atoms with van der Waals surface area (Å²) in [4.78, 5) is 15.8. The molecule has 0 aliphatic rings. The number of aryl methyl sites for hydroxylation is 1. The van der Waals surface area contributed by atoms with Crippen LogP contribution in [0.5, 0.6) is 5.75 Å². The Hall–Kier alpha value is -2.78. The lowest BCUT2D eigenvalue weighted by molar-refractivity contribution is -0.137. The highest BCUT2D eigenvalue weighted by Gasteiger charge is 2.30. The van der Waals surface area contributed by atoms with Crippen molar-refractivity contribution in [2.75, 3.05) is 18.4 Å². The largest absolute Gasteiger partial charge is 0.503 e. The highest BCUT2D eigenvalue weighted by atomic mass is 35.5. The summed E-state index contributed by atoms with van der Waals surface area (Å²) in [6, 6.07) is 6.87. The van der Waals surface area contributed by atoms with E-state index in [1.165, 1.54) is 18.3 Å². The number of nitrogens with zero attached hydrogens (tertiary/aromatic N) is 2. The summed E-state index contributed by atoms with van der Waals surface area (Å²) in [6.07, 6.45) is 3.54. The maximum atomic E-state index is 12.9. The van der Waals surface area contributed by atoms with Gasteiger partial charge >= 0.3 is 6.18 Å². The van der Waals surface area contributed by atoms with Gasteiger partial charge in [0.15, 0.2) is 5.75 Å². The van der Waals surface area contributed by atoms with Crippen molar-refractivity contribution in [2.45, 2.75) is 58.2 Å². The summed E-state index contributed by atoms with van der Waals surface area (Å²) in [6.45, 7) is 3.85. The SMILES string of the molecule is Cc1cc(=O)c(O)c(CNCCCCCCCCNc2ccnc3cc(C(F)(F)F)ccc23)n1C.Cl. The summed E-state index contributed by atoms with van der Waals surface area (Å²) in [5, 5.41) is 17.3. The standard InChI is InChI=1S/C26H33F3N4O2.ClH/c1-18-15-24(34)25(35)23(33(18)2)17-30-12-7-5-3-4-6-8-13-31-21-11-14-32-22-16-19(26(27,28)29)9-10-20(21)22;/h9-11,14-16,30,35H,3-8,12-13,17H2,1-2H3,(H,31,32);1H. The predicted molar refractivity (Wildman–Crippen MR) is 140 cm³/mol. The van der Waals surface area contributed by atoms with Crippen LogP contribution in [0.15, 0.2) is 41.3 Å². The molecule has 0 spiro atoms. The summed E-state index contributed by atoms with van der Waals surface area (Å²) in [5.74, 6) is -0.190. The first-order valence-corrected chi connectivity index (χ1v) is 12.0. The Balaban J connectivity index is 0.00000456. The van der Waals surface area contributed by atoms with Crippen molar-refractivity contribution >= 4 is 29.0 Å². The van der Waals surface area contributed by atoms with E-state index in [0.29, 0.717) is 23.1 Å². The fourth-order valence-corrected chi connectivity index (χ4v) is 4.06. The first-order valence-electron chi connectivity index (χ1n) is 12.0. The minimum absolute atomic E-state index is 0. The molecule has 2 aromatic heterocycles. The first-order chi connectivity index (χ1) is 16.7. The number of aromatic nitrogens is 2. The molecule has 198 valence electrons. The number of anilines is 1. The Labute approximate surface area is 215 Å². The van der Waals surface area contributed by atoms with Crippen molar-refractivity contribution in [1.29, 1.82) is 0 Å². The molecule has 2 heterocycles. The van der Waals surface area contributed by atoms with Crippen LogP contribution in [0.1, 0.15) is 55.5 Å². The minimum Gasteiger partial charge on any atom is -0.503 e. The highest BCUT2D eigenvalue weighted by molar-refractivity contribution is 5.91. The second-order valence-corrected chi connectivity index (χ2v) is 8.82. The van der Waals surface area contributed by atoms with E-state index < -0.39 is 11.7 Å². The molecule has 0 aliphatic heterocycles. The zero-order valence-electron chi connectivity index (χ0n) is 20.6. The molecule has 0 radical (unpaired) electrons. The number of pyridine rings is 2. The number of rotatable bonds is 12. The van der Waals surface area contributed by atoms with E-state index in [1.807, 2.05) is 18.5 Å². The first kappa shape index (κ1) is 29.5. The van der Waals surface area contributed by atoms with E-state index in [0.717, 1.165) is 75.1 Å². The van der Waals surface area contributed by atoms with E-state index in [1.54, 1.807) is 6.07 Å². The molecule has 6 nitrogen and oxygen atoms in total. The molecule has 0 bridgehead atoms. The van der Waals surface area contributed by atoms with Gasteiger partial charge in [0.05, 0.1) is 16.8 Å². The highest BCUT2D eigenvalue weighted by Crippen LogP contribution is 2.32. The smallest absolute Gasteiger partial charge is 0.416 e. The van der Waals surface area contributed by atoms with Gasteiger partial charge in [0.2, 0.25) is 5.43 Å². The van der Waals surface area contributed by atoms with E-state index in [9.17, 15) is 23.1 Å². The average Bonchev–Trinajstić information content (AvgIpc) is 2.82. The van der Waals surface area contributed by atoms with E-state index >= 15 is 0 Å². The lowest BCUT2D eigenvalue weighted by atomic mass is 10.1. The van der Waals surface area contributed by atoms with E-state index in [2.05, 4.69) is 15.6 Å². The lowest BCUT2D eigenvalue weighted by Crippen LogP contribution is -2.21. The maximum Gasteiger partial charge on any atom is 0.416 e. The number of hydrogen-bond donors (Lipinski definition) is 3. The molecule has 0 saturated carbocycles. The number of nitrogens with one attached hydrogen (secondary N) is 2. The molecule has 0 unspecified atom stereocenters. The van der Waals surface area contributed by atoms with Gasteiger partial charge in [0.25, 0.3) is 0 Å². The molecule has 1 aromatic carbocycles. The molecule has 36 heavy (non-hydrogen) atoms. The zero-order chi connectivity index (χ0) is 25.4.